The van der Waals surface area contributed by atoms with E-state index in [1.807, 2.05) is 0 Å². The van der Waals surface area contributed by atoms with Gasteiger partial charge in [-0.25, -0.2) is 0 Å². The fraction of sp³-hybridized carbons (Fsp3) is 0.913. The van der Waals surface area contributed by atoms with Crippen LogP contribution in [-0.4, -0.2) is 41.3 Å². The average molecular weight is 389 g/mol. The summed E-state index contributed by atoms with van der Waals surface area (Å²) in [5.41, 5.74) is -0.424. The fourth-order valence-electron chi connectivity index (χ4n) is 9.04. The van der Waals surface area contributed by atoms with Gasteiger partial charge < -0.3 is 14.2 Å². The lowest BCUT2D eigenvalue weighted by Crippen LogP contribution is -2.60. The topological polar surface area (TPSA) is 68.4 Å². The van der Waals surface area contributed by atoms with Crippen LogP contribution in [0.2, 0.25) is 0 Å². The van der Waals surface area contributed by atoms with Crippen LogP contribution in [0.1, 0.15) is 72.6 Å². The first kappa shape index (κ1) is 17.9. The number of hydrogen-bond donors (Lipinski definition) is 0. The van der Waals surface area contributed by atoms with Crippen molar-refractivity contribution < 1.29 is 23.8 Å². The highest BCUT2D eigenvalue weighted by Crippen LogP contribution is 2.77. The summed E-state index contributed by atoms with van der Waals surface area (Å²) in [7, 11) is 0. The summed E-state index contributed by atoms with van der Waals surface area (Å²) in [6, 6.07) is 0. The number of esters is 1. The molecule has 2 aliphatic heterocycles. The van der Waals surface area contributed by atoms with E-state index in [1.54, 1.807) is 6.92 Å². The van der Waals surface area contributed by atoms with Gasteiger partial charge in [0.15, 0.2) is 11.4 Å². The molecule has 0 aromatic heterocycles. The van der Waals surface area contributed by atoms with Crippen LogP contribution in [-0.2, 0) is 23.8 Å². The van der Waals surface area contributed by atoms with Gasteiger partial charge in [-0.15, -0.1) is 0 Å². The second-order valence-corrected chi connectivity index (χ2v) is 11.1. The Bertz CT molecular complexity index is 779. The van der Waals surface area contributed by atoms with Crippen LogP contribution in [0.5, 0.6) is 0 Å². The highest BCUT2D eigenvalue weighted by atomic mass is 16.6. The summed E-state index contributed by atoms with van der Waals surface area (Å²) >= 11 is 0. The van der Waals surface area contributed by atoms with Crippen molar-refractivity contribution in [2.75, 3.05) is 0 Å². The molecule has 28 heavy (non-hydrogen) atoms. The maximum Gasteiger partial charge on any atom is 0.302 e. The molecule has 1 spiro atoms. The van der Waals surface area contributed by atoms with E-state index in [9.17, 15) is 9.59 Å². The molecule has 5 nitrogen and oxygen atoms in total. The zero-order chi connectivity index (χ0) is 19.7. The number of ketones is 1. The third-order valence-corrected chi connectivity index (χ3v) is 10.3. The fourth-order valence-corrected chi connectivity index (χ4v) is 9.04. The number of hydrogen-bond acceptors (Lipinski definition) is 5. The van der Waals surface area contributed by atoms with Crippen molar-refractivity contribution in [3.8, 4) is 0 Å². The molecule has 5 heteroatoms. The Kier molecular flexibility index (Phi) is 3.21. The Balaban J connectivity index is 1.31. The molecule has 0 N–H and O–H groups in total. The number of ether oxygens (including phenoxy) is 3. The molecule has 0 bridgehead atoms. The molecule has 2 heterocycles. The van der Waals surface area contributed by atoms with Crippen molar-refractivity contribution >= 4 is 11.8 Å². The predicted octanol–water partition coefficient (Wildman–Crippen LogP) is 3.43. The summed E-state index contributed by atoms with van der Waals surface area (Å²) in [6.07, 6.45) is 7.73. The zero-order valence-electron chi connectivity index (χ0n) is 17.5. The number of carbonyl (C=O) groups is 2. The van der Waals surface area contributed by atoms with Crippen LogP contribution in [0.15, 0.2) is 0 Å². The molecule has 154 valence electrons. The molecule has 4 aliphatic carbocycles. The summed E-state index contributed by atoms with van der Waals surface area (Å²) in [5.74, 6) is 1.90. The van der Waals surface area contributed by atoms with Gasteiger partial charge in [-0.2, -0.15) is 0 Å². The predicted molar refractivity (Wildman–Crippen MR) is 100 cm³/mol. The number of fused-ring (bicyclic) bond motifs is 6. The molecule has 0 unspecified atom stereocenters. The van der Waals surface area contributed by atoms with Gasteiger partial charge >= 0.3 is 5.97 Å². The van der Waals surface area contributed by atoms with Crippen molar-refractivity contribution in [2.24, 2.45) is 28.6 Å². The summed E-state index contributed by atoms with van der Waals surface area (Å²) in [6.45, 7) is 8.02. The van der Waals surface area contributed by atoms with E-state index in [-0.39, 0.29) is 40.4 Å². The van der Waals surface area contributed by atoms with E-state index in [0.29, 0.717) is 23.9 Å². The molecule has 4 saturated carbocycles. The van der Waals surface area contributed by atoms with Crippen LogP contribution in [0.3, 0.4) is 0 Å². The van der Waals surface area contributed by atoms with Gasteiger partial charge in [0.1, 0.15) is 11.7 Å². The Morgan fingerprint density at radius 3 is 2.39 bits per heavy atom. The van der Waals surface area contributed by atoms with Gasteiger partial charge in [0, 0.05) is 24.2 Å². The number of epoxide rings is 2. The zero-order valence-corrected chi connectivity index (χ0v) is 17.5. The van der Waals surface area contributed by atoms with Crippen LogP contribution < -0.4 is 0 Å². The van der Waals surface area contributed by atoms with Crippen LogP contribution in [0.4, 0.5) is 0 Å². The lowest BCUT2D eigenvalue weighted by atomic mass is 9.44. The van der Waals surface area contributed by atoms with E-state index in [1.165, 1.54) is 6.92 Å². The van der Waals surface area contributed by atoms with Gasteiger partial charge in [0.2, 0.25) is 0 Å². The van der Waals surface area contributed by atoms with Crippen molar-refractivity contribution in [3.05, 3.63) is 0 Å². The normalized spacial score (nSPS) is 60.4. The minimum Gasteiger partial charge on any atom is -0.462 e. The molecule has 0 aromatic carbocycles. The minimum atomic E-state index is -0.491. The largest absolute Gasteiger partial charge is 0.462 e. The van der Waals surface area contributed by atoms with Crippen LogP contribution in [0.25, 0.3) is 0 Å². The lowest BCUT2D eigenvalue weighted by Gasteiger charge is -2.59. The first-order valence-electron chi connectivity index (χ1n) is 11.2. The monoisotopic (exact) mass is 388 g/mol. The van der Waals surface area contributed by atoms with Crippen molar-refractivity contribution in [1.82, 2.24) is 0 Å². The van der Waals surface area contributed by atoms with Crippen molar-refractivity contribution in [1.29, 1.82) is 0 Å². The molecular formula is C23H32O5. The quantitative estimate of drug-likeness (QED) is 0.535. The van der Waals surface area contributed by atoms with Crippen LogP contribution in [0, 0.1) is 28.6 Å². The number of Topliss-reactive ketones (excluding diaryl/α,β-unsaturated/α-hetero) is 1. The van der Waals surface area contributed by atoms with E-state index in [0.717, 1.165) is 44.9 Å². The summed E-state index contributed by atoms with van der Waals surface area (Å²) in [4.78, 5) is 24.0. The number of carbonyl (C=O) groups excluding carboxylic acids is 2. The number of rotatable bonds is 2. The second-order valence-electron chi connectivity index (χ2n) is 11.1. The van der Waals surface area contributed by atoms with Crippen molar-refractivity contribution in [3.63, 3.8) is 0 Å². The summed E-state index contributed by atoms with van der Waals surface area (Å²) in [5, 5.41) is 0. The van der Waals surface area contributed by atoms with Gasteiger partial charge in [-0.1, -0.05) is 13.8 Å². The smallest absolute Gasteiger partial charge is 0.302 e. The molecule has 0 aromatic rings. The molecule has 2 saturated heterocycles. The Morgan fingerprint density at radius 2 is 1.68 bits per heavy atom. The van der Waals surface area contributed by atoms with E-state index >= 15 is 0 Å². The Morgan fingerprint density at radius 1 is 0.929 bits per heavy atom. The lowest BCUT2D eigenvalue weighted by molar-refractivity contribution is -0.161. The minimum absolute atomic E-state index is 0.00879. The Labute approximate surface area is 166 Å². The van der Waals surface area contributed by atoms with Gasteiger partial charge in [-0.05, 0) is 63.2 Å². The first-order chi connectivity index (χ1) is 13.2. The van der Waals surface area contributed by atoms with Crippen molar-refractivity contribution in [2.45, 2.75) is 102 Å². The molecule has 6 fully saturated rings. The SMILES string of the molecule is CC(=O)O[C@H]1CC[C@]2(C)[C@H]3CC[C@@]4(C)[C@@H](C[C@H]5O[C@]54C(C)=O)[C@@H]3C[C@H]3O[C@]32C1. The van der Waals surface area contributed by atoms with E-state index in [2.05, 4.69) is 13.8 Å². The average Bonchev–Trinajstić information content (AvgIpc) is 3.48. The Hall–Kier alpha value is -0.940. The molecule has 6 aliphatic rings. The van der Waals surface area contributed by atoms with Gasteiger partial charge in [-0.3, -0.25) is 9.59 Å². The second kappa shape index (κ2) is 5.03. The molecule has 6 rings (SSSR count). The highest BCUT2D eigenvalue weighted by Gasteiger charge is 2.82. The highest BCUT2D eigenvalue weighted by molar-refractivity contribution is 5.90. The maximum atomic E-state index is 12.5. The standard InChI is InChI=1S/C23H32O5/c1-12(24)23-19(28-23)10-17-15-9-18-22(27-18)11-14(26-13(2)25)5-7-20(22,3)16(15)6-8-21(17,23)4/h14-19H,5-11H2,1-4H3/t14-,15+,16-,17-,18+,19+,20+,21-,22+,23+/m0/s1. The third kappa shape index (κ3) is 1.79. The third-order valence-electron chi connectivity index (χ3n) is 10.3. The molecule has 0 amide bonds. The van der Waals surface area contributed by atoms with Gasteiger partial charge in [0.05, 0.1) is 12.2 Å². The summed E-state index contributed by atoms with van der Waals surface area (Å²) < 4.78 is 18.1. The van der Waals surface area contributed by atoms with Gasteiger partial charge in [0.25, 0.3) is 0 Å². The maximum absolute atomic E-state index is 12.5. The van der Waals surface area contributed by atoms with Crippen LogP contribution >= 0.6 is 0 Å². The molecule has 0 radical (unpaired) electrons. The van der Waals surface area contributed by atoms with E-state index in [4.69, 9.17) is 14.2 Å². The molecular weight excluding hydrogens is 356 g/mol. The first-order valence-corrected chi connectivity index (χ1v) is 11.2. The van der Waals surface area contributed by atoms with E-state index < -0.39 is 5.60 Å². The molecule has 10 atom stereocenters.